The number of carbonyl (C=O) groups excluding carboxylic acids is 1. The summed E-state index contributed by atoms with van der Waals surface area (Å²) in [6.07, 6.45) is 7.72. The van der Waals surface area contributed by atoms with Crippen LogP contribution in [0.2, 0.25) is 0 Å². The molecule has 1 amide bonds. The van der Waals surface area contributed by atoms with E-state index in [1.807, 2.05) is 17.7 Å². The molecule has 2 fully saturated rings. The van der Waals surface area contributed by atoms with Crippen LogP contribution in [0.1, 0.15) is 37.7 Å². The van der Waals surface area contributed by atoms with E-state index in [1.165, 1.54) is 18.9 Å². The lowest BCUT2D eigenvalue weighted by Gasteiger charge is -2.17. The number of rotatable bonds is 4. The van der Waals surface area contributed by atoms with Gasteiger partial charge in [-0.05, 0) is 49.6 Å². The number of fused-ring (bicyclic) bond motifs is 1. The number of hydrogen-bond acceptors (Lipinski definition) is 2. The molecule has 1 unspecified atom stereocenters. The molecule has 2 heterocycles. The van der Waals surface area contributed by atoms with E-state index >= 15 is 0 Å². The SMILES string of the molecule is Cn1cc(CN2CCC(C(=O)NC3CCCC3)C2)c2cc(F)ccc21. The zero-order chi connectivity index (χ0) is 17.4. The molecule has 134 valence electrons. The highest BCUT2D eigenvalue weighted by Gasteiger charge is 2.30. The van der Waals surface area contributed by atoms with Crippen LogP contribution < -0.4 is 5.32 Å². The van der Waals surface area contributed by atoms with Crippen molar-refractivity contribution in [3.8, 4) is 0 Å². The number of aromatic nitrogens is 1. The Labute approximate surface area is 148 Å². The zero-order valence-electron chi connectivity index (χ0n) is 14.8. The summed E-state index contributed by atoms with van der Waals surface area (Å²) in [5.74, 6) is 0.112. The molecule has 1 aliphatic carbocycles. The highest BCUT2D eigenvalue weighted by molar-refractivity contribution is 5.84. The summed E-state index contributed by atoms with van der Waals surface area (Å²) in [7, 11) is 1.99. The van der Waals surface area contributed by atoms with Gasteiger partial charge in [0.25, 0.3) is 0 Å². The lowest BCUT2D eigenvalue weighted by atomic mass is 10.1. The number of aryl methyl sites for hydroxylation is 1. The summed E-state index contributed by atoms with van der Waals surface area (Å²) in [5.41, 5.74) is 2.18. The van der Waals surface area contributed by atoms with E-state index in [1.54, 1.807) is 6.07 Å². The Morgan fingerprint density at radius 3 is 2.88 bits per heavy atom. The van der Waals surface area contributed by atoms with Gasteiger partial charge in [-0.1, -0.05) is 12.8 Å². The number of nitrogens with zero attached hydrogens (tertiary/aromatic N) is 2. The third kappa shape index (κ3) is 3.43. The molecule has 1 aliphatic heterocycles. The van der Waals surface area contributed by atoms with E-state index < -0.39 is 0 Å². The maximum Gasteiger partial charge on any atom is 0.224 e. The van der Waals surface area contributed by atoms with E-state index in [0.717, 1.165) is 55.4 Å². The molecular formula is C20H26FN3O. The van der Waals surface area contributed by atoms with Crippen molar-refractivity contribution in [2.75, 3.05) is 13.1 Å². The Morgan fingerprint density at radius 1 is 1.28 bits per heavy atom. The molecule has 1 N–H and O–H groups in total. The molecule has 1 saturated carbocycles. The monoisotopic (exact) mass is 343 g/mol. The van der Waals surface area contributed by atoms with E-state index in [0.29, 0.717) is 6.04 Å². The Balaban J connectivity index is 1.41. The summed E-state index contributed by atoms with van der Waals surface area (Å²) >= 11 is 0. The van der Waals surface area contributed by atoms with Crippen LogP contribution in [0, 0.1) is 11.7 Å². The minimum Gasteiger partial charge on any atom is -0.353 e. The summed E-state index contributed by atoms with van der Waals surface area (Å²) in [4.78, 5) is 14.8. The first-order chi connectivity index (χ1) is 12.1. The van der Waals surface area contributed by atoms with Crippen molar-refractivity contribution in [2.24, 2.45) is 13.0 Å². The second kappa shape index (κ2) is 6.79. The summed E-state index contributed by atoms with van der Waals surface area (Å²) in [6, 6.07) is 5.34. The number of benzene rings is 1. The molecule has 1 aromatic heterocycles. The largest absolute Gasteiger partial charge is 0.353 e. The first-order valence-corrected chi connectivity index (χ1v) is 9.36. The molecule has 0 radical (unpaired) electrons. The minimum atomic E-state index is -0.199. The second-order valence-electron chi connectivity index (χ2n) is 7.64. The van der Waals surface area contributed by atoms with Crippen molar-refractivity contribution < 1.29 is 9.18 Å². The number of halogens is 1. The van der Waals surface area contributed by atoms with Crippen LogP contribution in [0.4, 0.5) is 4.39 Å². The van der Waals surface area contributed by atoms with Crippen LogP contribution in [0.5, 0.6) is 0 Å². The summed E-state index contributed by atoms with van der Waals surface area (Å²) in [6.45, 7) is 2.49. The molecule has 1 atom stereocenters. The van der Waals surface area contributed by atoms with Gasteiger partial charge in [-0.2, -0.15) is 0 Å². The fraction of sp³-hybridized carbons (Fsp3) is 0.550. The van der Waals surface area contributed by atoms with Crippen molar-refractivity contribution in [1.82, 2.24) is 14.8 Å². The van der Waals surface area contributed by atoms with Crippen LogP contribution in [-0.4, -0.2) is 34.5 Å². The van der Waals surface area contributed by atoms with Gasteiger partial charge in [-0.25, -0.2) is 4.39 Å². The van der Waals surface area contributed by atoms with Crippen LogP contribution in [0.3, 0.4) is 0 Å². The fourth-order valence-corrected chi connectivity index (χ4v) is 4.39. The topological polar surface area (TPSA) is 37.3 Å². The minimum absolute atomic E-state index is 0.0901. The third-order valence-corrected chi connectivity index (χ3v) is 5.77. The average Bonchev–Trinajstić information content (AvgIpc) is 3.30. The molecule has 4 nitrogen and oxygen atoms in total. The van der Waals surface area contributed by atoms with Crippen LogP contribution in [-0.2, 0) is 18.4 Å². The Morgan fingerprint density at radius 2 is 2.08 bits per heavy atom. The Hall–Kier alpha value is -1.88. The second-order valence-corrected chi connectivity index (χ2v) is 7.64. The van der Waals surface area contributed by atoms with Crippen molar-refractivity contribution in [1.29, 1.82) is 0 Å². The van der Waals surface area contributed by atoms with Gasteiger partial charge in [0.1, 0.15) is 5.82 Å². The lowest BCUT2D eigenvalue weighted by molar-refractivity contribution is -0.125. The molecular weight excluding hydrogens is 317 g/mol. The van der Waals surface area contributed by atoms with Gasteiger partial charge in [0.15, 0.2) is 0 Å². The fourth-order valence-electron chi connectivity index (χ4n) is 4.39. The van der Waals surface area contributed by atoms with E-state index in [-0.39, 0.29) is 17.6 Å². The maximum atomic E-state index is 13.6. The van der Waals surface area contributed by atoms with Crippen LogP contribution in [0.25, 0.3) is 10.9 Å². The predicted molar refractivity (Wildman–Crippen MR) is 96.7 cm³/mol. The number of likely N-dealkylation sites (tertiary alicyclic amines) is 1. The molecule has 5 heteroatoms. The third-order valence-electron chi connectivity index (χ3n) is 5.77. The summed E-state index contributed by atoms with van der Waals surface area (Å²) in [5, 5.41) is 4.20. The van der Waals surface area contributed by atoms with Crippen molar-refractivity contribution >= 4 is 16.8 Å². The molecule has 2 aliphatic rings. The molecule has 4 rings (SSSR count). The van der Waals surface area contributed by atoms with Crippen molar-refractivity contribution in [2.45, 2.75) is 44.7 Å². The quantitative estimate of drug-likeness (QED) is 0.926. The lowest BCUT2D eigenvalue weighted by Crippen LogP contribution is -2.38. The molecule has 0 bridgehead atoms. The maximum absolute atomic E-state index is 13.6. The van der Waals surface area contributed by atoms with Gasteiger partial charge in [-0.3, -0.25) is 9.69 Å². The number of nitrogens with one attached hydrogen (secondary N) is 1. The Bertz CT molecular complexity index is 779. The highest BCUT2D eigenvalue weighted by atomic mass is 19.1. The normalized spacial score (nSPS) is 22.1. The molecule has 25 heavy (non-hydrogen) atoms. The average molecular weight is 343 g/mol. The first-order valence-electron chi connectivity index (χ1n) is 9.36. The molecule has 0 spiro atoms. The molecule has 2 aromatic rings. The Kier molecular flexibility index (Phi) is 4.50. The van der Waals surface area contributed by atoms with Gasteiger partial charge in [0.05, 0.1) is 5.92 Å². The van der Waals surface area contributed by atoms with Gasteiger partial charge >= 0.3 is 0 Å². The first kappa shape index (κ1) is 16.6. The standard InChI is InChI=1S/C20H26FN3O/c1-23-11-15(18-10-16(21)6-7-19(18)23)13-24-9-8-14(12-24)20(25)22-17-4-2-3-5-17/h6-7,10-11,14,17H,2-5,8-9,12-13H2,1H3,(H,22,25). The van der Waals surface area contributed by atoms with Gasteiger partial charge in [0.2, 0.25) is 5.91 Å². The molecule has 1 aromatic carbocycles. The van der Waals surface area contributed by atoms with E-state index in [4.69, 9.17) is 0 Å². The van der Waals surface area contributed by atoms with Gasteiger partial charge < -0.3 is 9.88 Å². The van der Waals surface area contributed by atoms with E-state index in [9.17, 15) is 9.18 Å². The summed E-state index contributed by atoms with van der Waals surface area (Å²) < 4.78 is 15.7. The number of amides is 1. The highest BCUT2D eigenvalue weighted by Crippen LogP contribution is 2.26. The zero-order valence-corrected chi connectivity index (χ0v) is 14.8. The van der Waals surface area contributed by atoms with E-state index in [2.05, 4.69) is 16.4 Å². The van der Waals surface area contributed by atoms with Crippen LogP contribution >= 0.6 is 0 Å². The molecule has 1 saturated heterocycles. The van der Waals surface area contributed by atoms with Crippen molar-refractivity contribution in [3.05, 3.63) is 35.8 Å². The van der Waals surface area contributed by atoms with Crippen LogP contribution in [0.15, 0.2) is 24.4 Å². The van der Waals surface area contributed by atoms with Crippen molar-refractivity contribution in [3.63, 3.8) is 0 Å². The number of hydrogen-bond donors (Lipinski definition) is 1. The number of carbonyl (C=O) groups is 1. The van der Waals surface area contributed by atoms with Gasteiger partial charge in [-0.15, -0.1) is 0 Å². The predicted octanol–water partition coefficient (Wildman–Crippen LogP) is 3.20. The smallest absolute Gasteiger partial charge is 0.224 e. The van der Waals surface area contributed by atoms with Gasteiger partial charge in [0, 0.05) is 43.3 Å².